The number of nitrogens with one attached hydrogen (secondary N) is 2. The van der Waals surface area contributed by atoms with E-state index in [1.807, 2.05) is 26.0 Å². The van der Waals surface area contributed by atoms with Crippen LogP contribution in [0.1, 0.15) is 32.3 Å². The van der Waals surface area contributed by atoms with Gasteiger partial charge in [-0.05, 0) is 57.5 Å². The molecule has 0 aliphatic carbocycles. The van der Waals surface area contributed by atoms with Crippen LogP contribution in [0.3, 0.4) is 0 Å². The second kappa shape index (κ2) is 8.98. The predicted molar refractivity (Wildman–Crippen MR) is 102 cm³/mol. The lowest BCUT2D eigenvalue weighted by atomic mass is 9.95. The van der Waals surface area contributed by atoms with Gasteiger partial charge in [0.15, 0.2) is 14.6 Å². The van der Waals surface area contributed by atoms with Gasteiger partial charge in [-0.3, -0.25) is 4.79 Å². The van der Waals surface area contributed by atoms with Crippen molar-refractivity contribution in [1.29, 1.82) is 0 Å². The summed E-state index contributed by atoms with van der Waals surface area (Å²) in [5.41, 5.74) is 1.59. The van der Waals surface area contributed by atoms with Crippen LogP contribution in [-0.4, -0.2) is 44.5 Å². The molecule has 0 bridgehead atoms. The minimum atomic E-state index is -3.51. The maximum Gasteiger partial charge on any atom is 0.245 e. The number of benzene rings is 1. The van der Waals surface area contributed by atoms with E-state index < -0.39 is 20.5 Å². The van der Waals surface area contributed by atoms with Gasteiger partial charge in [0.1, 0.15) is 0 Å². The highest BCUT2D eigenvalue weighted by Crippen LogP contribution is 2.29. The molecule has 1 aromatic rings. The van der Waals surface area contributed by atoms with Gasteiger partial charge in [0.25, 0.3) is 0 Å². The van der Waals surface area contributed by atoms with Crippen molar-refractivity contribution in [2.24, 2.45) is 0 Å². The Hall–Kier alpha value is -1.15. The van der Waals surface area contributed by atoms with Crippen LogP contribution in [0, 0.1) is 0 Å². The molecule has 0 atom stereocenters. The highest BCUT2D eigenvalue weighted by molar-refractivity contribution is 7.92. The van der Waals surface area contributed by atoms with Crippen molar-refractivity contribution in [3.05, 3.63) is 29.8 Å². The molecule has 142 valence electrons. The Morgan fingerprint density at radius 2 is 1.80 bits per heavy atom. The third kappa shape index (κ3) is 5.41. The van der Waals surface area contributed by atoms with Crippen molar-refractivity contribution in [1.82, 2.24) is 5.32 Å². The maximum absolute atomic E-state index is 12.7. The topological polar surface area (TPSA) is 84.5 Å². The van der Waals surface area contributed by atoms with E-state index >= 15 is 0 Å². The highest BCUT2D eigenvalue weighted by Gasteiger charge is 2.48. The summed E-state index contributed by atoms with van der Waals surface area (Å²) in [6.45, 7) is 5.49. The van der Waals surface area contributed by atoms with E-state index in [0.29, 0.717) is 25.4 Å². The Bertz CT molecular complexity index is 668. The van der Waals surface area contributed by atoms with E-state index in [2.05, 4.69) is 10.6 Å². The van der Waals surface area contributed by atoms with Gasteiger partial charge in [0.2, 0.25) is 5.91 Å². The molecule has 0 aromatic heterocycles. The van der Waals surface area contributed by atoms with Gasteiger partial charge < -0.3 is 15.4 Å². The molecular formula is C17H27ClN2O4S. The fraction of sp³-hybridized carbons (Fsp3) is 0.588. The second-order valence-electron chi connectivity index (χ2n) is 6.53. The van der Waals surface area contributed by atoms with Gasteiger partial charge >= 0.3 is 0 Å². The summed E-state index contributed by atoms with van der Waals surface area (Å²) in [5.74, 6) is -0.447. The number of carbonyl (C=O) groups excluding carboxylic acids is 1. The smallest absolute Gasteiger partial charge is 0.245 e. The van der Waals surface area contributed by atoms with Crippen LogP contribution in [0.4, 0.5) is 5.69 Å². The Morgan fingerprint density at radius 1 is 1.24 bits per heavy atom. The lowest BCUT2D eigenvalue weighted by molar-refractivity contribution is -0.119. The molecule has 0 spiro atoms. The van der Waals surface area contributed by atoms with Crippen LogP contribution in [0.5, 0.6) is 0 Å². The molecule has 0 unspecified atom stereocenters. The summed E-state index contributed by atoms with van der Waals surface area (Å²) in [5, 5.41) is 5.87. The number of piperidine rings is 1. The molecule has 1 heterocycles. The van der Waals surface area contributed by atoms with E-state index in [-0.39, 0.29) is 31.4 Å². The SMILES string of the molecule is CC(C)OCc1ccc(NC(=O)C2(S(C)(=O)=O)CCNCC2)cc1.Cl. The first-order valence-electron chi connectivity index (χ1n) is 8.17. The second-order valence-corrected chi connectivity index (χ2v) is 8.85. The van der Waals surface area contributed by atoms with Crippen molar-refractivity contribution in [2.45, 2.75) is 44.1 Å². The number of sulfone groups is 1. The molecule has 2 N–H and O–H groups in total. The van der Waals surface area contributed by atoms with Crippen molar-refractivity contribution in [2.75, 3.05) is 24.7 Å². The number of hydrogen-bond acceptors (Lipinski definition) is 5. The number of hydrogen-bond donors (Lipinski definition) is 2. The maximum atomic E-state index is 12.7. The minimum absolute atomic E-state index is 0. The largest absolute Gasteiger partial charge is 0.374 e. The lowest BCUT2D eigenvalue weighted by Crippen LogP contribution is -2.55. The molecule has 6 nitrogen and oxygen atoms in total. The zero-order valence-corrected chi connectivity index (χ0v) is 16.5. The van der Waals surface area contributed by atoms with Gasteiger partial charge in [0.05, 0.1) is 12.7 Å². The van der Waals surface area contributed by atoms with Crippen LogP contribution in [0.2, 0.25) is 0 Å². The van der Waals surface area contributed by atoms with E-state index in [4.69, 9.17) is 4.74 Å². The van der Waals surface area contributed by atoms with Gasteiger partial charge in [0, 0.05) is 11.9 Å². The molecule has 0 radical (unpaired) electrons. The average molecular weight is 391 g/mol. The zero-order valence-electron chi connectivity index (χ0n) is 14.9. The molecule has 1 aromatic carbocycles. The average Bonchev–Trinajstić information content (AvgIpc) is 2.53. The van der Waals surface area contributed by atoms with Gasteiger partial charge in [-0.1, -0.05) is 12.1 Å². The number of anilines is 1. The molecule has 25 heavy (non-hydrogen) atoms. The summed E-state index contributed by atoms with van der Waals surface area (Å²) in [6, 6.07) is 7.28. The Kier molecular flexibility index (Phi) is 7.87. The van der Waals surface area contributed by atoms with Crippen molar-refractivity contribution >= 4 is 33.8 Å². The lowest BCUT2D eigenvalue weighted by Gasteiger charge is -2.34. The fourth-order valence-electron chi connectivity index (χ4n) is 2.79. The Balaban J connectivity index is 0.00000312. The molecule has 1 fully saturated rings. The third-order valence-corrected chi connectivity index (χ3v) is 6.34. The van der Waals surface area contributed by atoms with E-state index in [1.54, 1.807) is 12.1 Å². The third-order valence-electron chi connectivity index (χ3n) is 4.33. The normalized spacial score (nSPS) is 17.0. The molecule has 1 aliphatic heterocycles. The van der Waals surface area contributed by atoms with Crippen LogP contribution < -0.4 is 10.6 Å². The number of halogens is 1. The number of rotatable bonds is 6. The van der Waals surface area contributed by atoms with Crippen molar-refractivity contribution in [3.8, 4) is 0 Å². The zero-order chi connectivity index (χ0) is 17.8. The first-order chi connectivity index (χ1) is 11.2. The molecule has 0 saturated carbocycles. The van der Waals surface area contributed by atoms with Crippen molar-refractivity contribution in [3.63, 3.8) is 0 Å². The number of amides is 1. The van der Waals surface area contributed by atoms with E-state index in [1.165, 1.54) is 0 Å². The summed E-state index contributed by atoms with van der Waals surface area (Å²) in [6.07, 6.45) is 1.87. The Labute approximate surface area is 156 Å². The summed E-state index contributed by atoms with van der Waals surface area (Å²) in [4.78, 5) is 12.7. The minimum Gasteiger partial charge on any atom is -0.374 e. The summed E-state index contributed by atoms with van der Waals surface area (Å²) < 4.78 is 28.7. The van der Waals surface area contributed by atoms with E-state index in [9.17, 15) is 13.2 Å². The molecule has 1 aliphatic rings. The molecule has 1 amide bonds. The van der Waals surface area contributed by atoms with Gasteiger partial charge in [-0.15, -0.1) is 12.4 Å². The van der Waals surface area contributed by atoms with Crippen molar-refractivity contribution < 1.29 is 17.9 Å². The molecule has 2 rings (SSSR count). The highest BCUT2D eigenvalue weighted by atomic mass is 35.5. The quantitative estimate of drug-likeness (QED) is 0.777. The fourth-order valence-corrected chi connectivity index (χ4v) is 4.12. The molecule has 1 saturated heterocycles. The monoisotopic (exact) mass is 390 g/mol. The van der Waals surface area contributed by atoms with Crippen LogP contribution >= 0.6 is 12.4 Å². The molecule has 8 heteroatoms. The van der Waals surface area contributed by atoms with Crippen LogP contribution in [0.15, 0.2) is 24.3 Å². The van der Waals surface area contributed by atoms with Gasteiger partial charge in [-0.2, -0.15) is 0 Å². The first kappa shape index (κ1) is 21.9. The van der Waals surface area contributed by atoms with E-state index in [0.717, 1.165) is 11.8 Å². The van der Waals surface area contributed by atoms with Crippen LogP contribution in [-0.2, 0) is 26.0 Å². The number of ether oxygens (including phenoxy) is 1. The van der Waals surface area contributed by atoms with Crippen LogP contribution in [0.25, 0.3) is 0 Å². The summed E-state index contributed by atoms with van der Waals surface area (Å²) in [7, 11) is -3.51. The molecular weight excluding hydrogens is 364 g/mol. The Morgan fingerprint density at radius 3 is 2.28 bits per heavy atom. The summed E-state index contributed by atoms with van der Waals surface area (Å²) >= 11 is 0. The first-order valence-corrected chi connectivity index (χ1v) is 10.1. The van der Waals surface area contributed by atoms with Gasteiger partial charge in [-0.25, -0.2) is 8.42 Å². The number of carbonyl (C=O) groups is 1. The standard InChI is InChI=1S/C17H26N2O4S.ClH/c1-13(2)23-12-14-4-6-15(7-5-14)19-16(20)17(24(3,21)22)8-10-18-11-9-17;/h4-7,13,18H,8-12H2,1-3H3,(H,19,20);1H. The predicted octanol–water partition coefficient (Wildman–Crippen LogP) is 2.14.